The lowest BCUT2D eigenvalue weighted by molar-refractivity contribution is -0.121. The molecule has 1 saturated heterocycles. The minimum absolute atomic E-state index is 0.0274. The molecule has 1 aromatic carbocycles. The third-order valence-corrected chi connectivity index (χ3v) is 5.68. The van der Waals surface area contributed by atoms with Crippen LogP contribution in [0.15, 0.2) is 42.7 Å². The first-order valence-electron chi connectivity index (χ1n) is 10.5. The highest BCUT2D eigenvalue weighted by Crippen LogP contribution is 2.31. The van der Waals surface area contributed by atoms with E-state index in [1.54, 1.807) is 30.6 Å². The van der Waals surface area contributed by atoms with E-state index in [1.165, 1.54) is 0 Å². The highest BCUT2D eigenvalue weighted by molar-refractivity contribution is 5.95. The number of nitrogens with one attached hydrogen (secondary N) is 1. The third kappa shape index (κ3) is 5.09. The van der Waals surface area contributed by atoms with Gasteiger partial charge in [0.1, 0.15) is 13.2 Å². The summed E-state index contributed by atoms with van der Waals surface area (Å²) in [7, 11) is 0. The quantitative estimate of drug-likeness (QED) is 0.794. The van der Waals surface area contributed by atoms with Crippen LogP contribution >= 0.6 is 0 Å². The predicted octanol–water partition coefficient (Wildman–Crippen LogP) is 2.80. The maximum atomic E-state index is 12.8. The number of carbonyl (C=O) groups excluding carboxylic acids is 2. The molecule has 0 unspecified atom stereocenters. The molecule has 30 heavy (non-hydrogen) atoms. The number of piperidine rings is 1. The van der Waals surface area contributed by atoms with Crippen LogP contribution in [0.1, 0.15) is 41.6 Å². The number of amides is 2. The van der Waals surface area contributed by atoms with Crippen molar-refractivity contribution in [3.05, 3.63) is 53.9 Å². The molecule has 7 heteroatoms. The van der Waals surface area contributed by atoms with Crippen LogP contribution in [0.5, 0.6) is 11.5 Å². The normalized spacial score (nSPS) is 16.2. The molecule has 0 bridgehead atoms. The van der Waals surface area contributed by atoms with Gasteiger partial charge in [-0.15, -0.1) is 0 Å². The largest absolute Gasteiger partial charge is 0.486 e. The summed E-state index contributed by atoms with van der Waals surface area (Å²) in [6, 6.07) is 9.19. The van der Waals surface area contributed by atoms with Crippen LogP contribution in [-0.4, -0.2) is 48.0 Å². The van der Waals surface area contributed by atoms with Crippen LogP contribution in [0.2, 0.25) is 0 Å². The van der Waals surface area contributed by atoms with E-state index in [9.17, 15) is 9.59 Å². The van der Waals surface area contributed by atoms with Crippen LogP contribution in [0.4, 0.5) is 0 Å². The number of nitrogens with zero attached hydrogens (tertiary/aromatic N) is 2. The van der Waals surface area contributed by atoms with Gasteiger partial charge in [0.25, 0.3) is 5.91 Å². The van der Waals surface area contributed by atoms with Gasteiger partial charge in [0.05, 0.1) is 0 Å². The lowest BCUT2D eigenvalue weighted by Crippen LogP contribution is -2.38. The molecule has 1 aromatic heterocycles. The highest BCUT2D eigenvalue weighted by atomic mass is 16.6. The molecule has 2 amide bonds. The molecule has 2 aromatic rings. The summed E-state index contributed by atoms with van der Waals surface area (Å²) in [5.74, 6) is 1.89. The smallest absolute Gasteiger partial charge is 0.253 e. The molecule has 1 N–H and O–H groups in total. The molecule has 0 atom stereocenters. The molecular formula is C23H27N3O4. The summed E-state index contributed by atoms with van der Waals surface area (Å²) in [4.78, 5) is 30.9. The van der Waals surface area contributed by atoms with Crippen LogP contribution in [0, 0.1) is 5.92 Å². The van der Waals surface area contributed by atoms with Crippen molar-refractivity contribution < 1.29 is 19.1 Å². The Morgan fingerprint density at radius 1 is 1.10 bits per heavy atom. The topological polar surface area (TPSA) is 80.8 Å². The number of ether oxygens (including phenoxy) is 2. The Morgan fingerprint density at radius 3 is 2.67 bits per heavy atom. The molecule has 4 rings (SSSR count). The molecule has 0 spiro atoms. The van der Waals surface area contributed by atoms with Gasteiger partial charge in [0.15, 0.2) is 11.5 Å². The lowest BCUT2D eigenvalue weighted by atomic mass is 9.91. The zero-order valence-corrected chi connectivity index (χ0v) is 17.0. The Hall–Kier alpha value is -3.09. The van der Waals surface area contributed by atoms with Crippen LogP contribution in [0.25, 0.3) is 0 Å². The van der Waals surface area contributed by atoms with Crippen molar-refractivity contribution in [1.82, 2.24) is 15.2 Å². The van der Waals surface area contributed by atoms with E-state index in [-0.39, 0.29) is 11.8 Å². The Balaban J connectivity index is 1.20. The third-order valence-electron chi connectivity index (χ3n) is 5.68. The van der Waals surface area contributed by atoms with E-state index < -0.39 is 0 Å². The maximum Gasteiger partial charge on any atom is 0.253 e. The average Bonchev–Trinajstić information content (AvgIpc) is 2.81. The monoisotopic (exact) mass is 409 g/mol. The number of hydrogen-bond acceptors (Lipinski definition) is 5. The van der Waals surface area contributed by atoms with E-state index in [4.69, 9.17) is 9.47 Å². The van der Waals surface area contributed by atoms with Gasteiger partial charge >= 0.3 is 0 Å². The van der Waals surface area contributed by atoms with E-state index in [1.807, 2.05) is 17.0 Å². The SMILES string of the molecule is O=C(CCC1CCN(C(=O)c2ccc3c(c2)OCCO3)CC1)NCc1cccnc1. The van der Waals surface area contributed by atoms with Crippen molar-refractivity contribution in [3.63, 3.8) is 0 Å². The number of aromatic nitrogens is 1. The van der Waals surface area contributed by atoms with Crippen molar-refractivity contribution in [1.29, 1.82) is 0 Å². The van der Waals surface area contributed by atoms with Gasteiger partial charge in [-0.3, -0.25) is 14.6 Å². The van der Waals surface area contributed by atoms with E-state index in [0.717, 1.165) is 37.9 Å². The van der Waals surface area contributed by atoms with E-state index >= 15 is 0 Å². The number of likely N-dealkylation sites (tertiary alicyclic amines) is 1. The number of fused-ring (bicyclic) bond motifs is 1. The minimum atomic E-state index is 0.0274. The van der Waals surface area contributed by atoms with Crippen molar-refractivity contribution in [2.75, 3.05) is 26.3 Å². The number of carbonyl (C=O) groups is 2. The summed E-state index contributed by atoms with van der Waals surface area (Å²) in [6.07, 6.45) is 6.69. The molecule has 1 fully saturated rings. The van der Waals surface area contributed by atoms with E-state index in [2.05, 4.69) is 10.3 Å². The predicted molar refractivity (Wildman–Crippen MR) is 111 cm³/mol. The summed E-state index contributed by atoms with van der Waals surface area (Å²) in [5, 5.41) is 2.95. The summed E-state index contributed by atoms with van der Waals surface area (Å²) >= 11 is 0. The number of hydrogen-bond donors (Lipinski definition) is 1. The molecule has 2 aliphatic heterocycles. The number of pyridine rings is 1. The molecule has 0 aliphatic carbocycles. The van der Waals surface area contributed by atoms with Gasteiger partial charge in [-0.05, 0) is 55.0 Å². The number of rotatable bonds is 6. The molecule has 3 heterocycles. The van der Waals surface area contributed by atoms with Gasteiger partial charge < -0.3 is 19.7 Å². The van der Waals surface area contributed by atoms with Crippen LogP contribution in [0.3, 0.4) is 0 Å². The molecular weight excluding hydrogens is 382 g/mol. The Morgan fingerprint density at radius 2 is 1.90 bits per heavy atom. The zero-order chi connectivity index (χ0) is 20.8. The van der Waals surface area contributed by atoms with Crippen molar-refractivity contribution in [2.24, 2.45) is 5.92 Å². The molecule has 158 valence electrons. The Labute approximate surface area is 176 Å². The summed E-state index contributed by atoms with van der Waals surface area (Å²) in [5.41, 5.74) is 1.63. The van der Waals surface area contributed by atoms with Crippen molar-refractivity contribution in [3.8, 4) is 11.5 Å². The molecule has 0 saturated carbocycles. The second-order valence-corrected chi connectivity index (χ2v) is 7.77. The molecule has 2 aliphatic rings. The minimum Gasteiger partial charge on any atom is -0.486 e. The van der Waals surface area contributed by atoms with Crippen LogP contribution < -0.4 is 14.8 Å². The first-order chi connectivity index (χ1) is 14.7. The first kappa shape index (κ1) is 20.2. The summed E-state index contributed by atoms with van der Waals surface area (Å²) in [6.45, 7) is 2.99. The van der Waals surface area contributed by atoms with Crippen LogP contribution in [-0.2, 0) is 11.3 Å². The van der Waals surface area contributed by atoms with Gasteiger partial charge in [-0.2, -0.15) is 0 Å². The average molecular weight is 409 g/mol. The van der Waals surface area contributed by atoms with Gasteiger partial charge in [0.2, 0.25) is 5.91 Å². The molecule has 0 radical (unpaired) electrons. The second kappa shape index (κ2) is 9.61. The molecule has 7 nitrogen and oxygen atoms in total. The highest BCUT2D eigenvalue weighted by Gasteiger charge is 2.25. The lowest BCUT2D eigenvalue weighted by Gasteiger charge is -2.32. The van der Waals surface area contributed by atoms with Gasteiger partial charge in [-0.1, -0.05) is 6.07 Å². The first-order valence-corrected chi connectivity index (χ1v) is 10.5. The fourth-order valence-electron chi connectivity index (χ4n) is 3.91. The maximum absolute atomic E-state index is 12.8. The van der Waals surface area contributed by atoms with E-state index in [0.29, 0.717) is 49.2 Å². The van der Waals surface area contributed by atoms with Gasteiger partial charge in [-0.25, -0.2) is 0 Å². The second-order valence-electron chi connectivity index (χ2n) is 7.77. The zero-order valence-electron chi connectivity index (χ0n) is 17.0. The number of benzene rings is 1. The Kier molecular flexibility index (Phi) is 6.47. The van der Waals surface area contributed by atoms with Crippen molar-refractivity contribution in [2.45, 2.75) is 32.2 Å². The van der Waals surface area contributed by atoms with Crippen molar-refractivity contribution >= 4 is 11.8 Å². The Bertz CT molecular complexity index is 879. The van der Waals surface area contributed by atoms with Gasteiger partial charge in [0, 0.05) is 44.0 Å². The standard InChI is InChI=1S/C23H27N3O4/c27-22(25-16-18-2-1-9-24-15-18)6-3-17-7-10-26(11-8-17)23(28)19-4-5-20-21(14-19)30-13-12-29-20/h1-2,4-5,9,14-15,17H,3,6-8,10-13,16H2,(H,25,27). The summed E-state index contributed by atoms with van der Waals surface area (Å²) < 4.78 is 11.1. The fourth-order valence-corrected chi connectivity index (χ4v) is 3.91. The fraction of sp³-hybridized carbons (Fsp3) is 0.435.